The number of carbonyl (C=O) groups is 2. The van der Waals surface area contributed by atoms with Crippen molar-refractivity contribution in [2.75, 3.05) is 18.0 Å². The van der Waals surface area contributed by atoms with E-state index in [-0.39, 0.29) is 6.54 Å². The Balaban J connectivity index is 1.92. The van der Waals surface area contributed by atoms with Crippen LogP contribution in [0.25, 0.3) is 0 Å². The summed E-state index contributed by atoms with van der Waals surface area (Å²) in [4.78, 5) is 26.5. The van der Waals surface area contributed by atoms with Gasteiger partial charge in [0.25, 0.3) is 11.8 Å². The van der Waals surface area contributed by atoms with Crippen LogP contribution in [-0.2, 0) is 16.0 Å². The molecule has 1 aliphatic rings. The van der Waals surface area contributed by atoms with Gasteiger partial charge < -0.3 is 20.4 Å². The van der Waals surface area contributed by atoms with Gasteiger partial charge in [-0.2, -0.15) is 0 Å². The Morgan fingerprint density at radius 3 is 2.76 bits per heavy atom. The smallest absolute Gasteiger partial charge is 0.259 e. The van der Waals surface area contributed by atoms with Crippen molar-refractivity contribution in [3.8, 4) is 0 Å². The molecule has 2 rings (SSSR count). The number of thiol groups is 1. The molecule has 1 aromatic rings. The highest BCUT2D eigenvalue weighted by Crippen LogP contribution is 2.28. The summed E-state index contributed by atoms with van der Waals surface area (Å²) >= 11 is 4.19. The molecule has 0 saturated carbocycles. The molecule has 6 nitrogen and oxygen atoms in total. The summed E-state index contributed by atoms with van der Waals surface area (Å²) < 4.78 is 0. The summed E-state index contributed by atoms with van der Waals surface area (Å²) in [5.74, 6) is -1.48. The number of aliphatic hydroxyl groups excluding tert-OH is 2. The minimum Gasteiger partial charge on any atom is -0.380 e. The minimum absolute atomic E-state index is 0.229. The monoisotopic (exact) mass is 362 g/mol. The van der Waals surface area contributed by atoms with Crippen LogP contribution in [-0.4, -0.2) is 47.3 Å². The number of fused-ring (bicyclic) bond motifs is 1. The molecule has 0 spiro atoms. The molecular formula is C18H22N2O4S. The van der Waals surface area contributed by atoms with Gasteiger partial charge in [-0.3, -0.25) is 9.59 Å². The van der Waals surface area contributed by atoms with Crippen LogP contribution in [0.15, 0.2) is 47.9 Å². The molecule has 1 aromatic carbocycles. The Morgan fingerprint density at radius 1 is 1.32 bits per heavy atom. The first-order valence-electron chi connectivity index (χ1n) is 7.99. The van der Waals surface area contributed by atoms with E-state index in [2.05, 4.69) is 24.5 Å². The molecule has 2 amide bonds. The van der Waals surface area contributed by atoms with Gasteiger partial charge in [0.1, 0.15) is 0 Å². The largest absolute Gasteiger partial charge is 0.380 e. The molecule has 1 aliphatic heterocycles. The molecule has 0 aliphatic carbocycles. The molecule has 0 fully saturated rings. The van der Waals surface area contributed by atoms with Crippen molar-refractivity contribution in [1.29, 1.82) is 0 Å². The Hall–Kier alpha value is -2.09. The number of allylic oxidation sites excluding steroid dienone is 2. The van der Waals surface area contributed by atoms with Crippen molar-refractivity contribution in [3.05, 3.63) is 53.5 Å². The number of nitrogens with one attached hydrogen (secondary N) is 1. The Labute approximate surface area is 152 Å². The number of benzene rings is 1. The van der Waals surface area contributed by atoms with Crippen molar-refractivity contribution in [1.82, 2.24) is 5.32 Å². The zero-order valence-corrected chi connectivity index (χ0v) is 14.7. The predicted molar refractivity (Wildman–Crippen MR) is 99.4 cm³/mol. The molecule has 134 valence electrons. The zero-order valence-electron chi connectivity index (χ0n) is 13.8. The first-order valence-corrected chi connectivity index (χ1v) is 8.44. The second-order valence-corrected chi connectivity index (χ2v) is 6.27. The number of anilines is 1. The van der Waals surface area contributed by atoms with Crippen molar-refractivity contribution < 1.29 is 19.8 Å². The van der Waals surface area contributed by atoms with Gasteiger partial charge in [0.2, 0.25) is 0 Å². The molecule has 2 atom stereocenters. The van der Waals surface area contributed by atoms with Crippen molar-refractivity contribution >= 4 is 30.1 Å². The van der Waals surface area contributed by atoms with E-state index < -0.39 is 24.0 Å². The maximum Gasteiger partial charge on any atom is 0.259 e. The standard InChI is InChI=1S/C18H22N2O4S/c1-2-5-13(25)8-10-19-17(23)15(21)16(22)18(24)20-11-9-12-6-3-4-7-14(12)20/h2-7,15-16,21-22,25H,1,8-11H2,(H,19,23)/b13-5-. The lowest BCUT2D eigenvalue weighted by Crippen LogP contribution is -2.50. The summed E-state index contributed by atoms with van der Waals surface area (Å²) in [6.07, 6.45) is 0.760. The first-order chi connectivity index (χ1) is 12.0. The SMILES string of the molecule is C=C/C=C(\S)CCNC(=O)C(O)C(O)C(=O)N1CCc2ccccc21. The summed E-state index contributed by atoms with van der Waals surface area (Å²) in [5, 5.41) is 22.5. The summed E-state index contributed by atoms with van der Waals surface area (Å²) in [7, 11) is 0. The highest BCUT2D eigenvalue weighted by molar-refractivity contribution is 7.84. The van der Waals surface area contributed by atoms with E-state index in [0.717, 1.165) is 10.5 Å². The van der Waals surface area contributed by atoms with E-state index in [1.165, 1.54) is 4.90 Å². The van der Waals surface area contributed by atoms with E-state index in [0.29, 0.717) is 25.1 Å². The number of amides is 2. The fourth-order valence-electron chi connectivity index (χ4n) is 2.64. The third-order valence-corrected chi connectivity index (χ3v) is 4.34. The number of hydrogen-bond donors (Lipinski definition) is 4. The second kappa shape index (κ2) is 8.84. The average molecular weight is 362 g/mol. The van der Waals surface area contributed by atoms with E-state index in [4.69, 9.17) is 0 Å². The number of carbonyl (C=O) groups excluding carboxylic acids is 2. The topological polar surface area (TPSA) is 89.9 Å². The van der Waals surface area contributed by atoms with Crippen LogP contribution in [0, 0.1) is 0 Å². The Morgan fingerprint density at radius 2 is 2.04 bits per heavy atom. The summed E-state index contributed by atoms with van der Waals surface area (Å²) in [6, 6.07) is 7.36. The molecule has 3 N–H and O–H groups in total. The highest BCUT2D eigenvalue weighted by Gasteiger charge is 2.35. The van der Waals surface area contributed by atoms with Gasteiger partial charge in [-0.05, 0) is 29.4 Å². The van der Waals surface area contributed by atoms with Gasteiger partial charge in [-0.25, -0.2) is 0 Å². The van der Waals surface area contributed by atoms with Crippen LogP contribution in [0.3, 0.4) is 0 Å². The third-order valence-electron chi connectivity index (χ3n) is 3.96. The van der Waals surface area contributed by atoms with Crippen LogP contribution in [0.4, 0.5) is 5.69 Å². The maximum atomic E-state index is 12.4. The number of para-hydroxylation sites is 1. The summed E-state index contributed by atoms with van der Waals surface area (Å²) in [5.41, 5.74) is 1.70. The van der Waals surface area contributed by atoms with Crippen LogP contribution < -0.4 is 10.2 Å². The molecule has 0 aromatic heterocycles. The highest BCUT2D eigenvalue weighted by atomic mass is 32.1. The molecule has 1 heterocycles. The van der Waals surface area contributed by atoms with Gasteiger partial charge in [0.05, 0.1) is 0 Å². The van der Waals surface area contributed by atoms with Gasteiger partial charge in [0.15, 0.2) is 12.2 Å². The number of rotatable bonds is 7. The molecule has 0 radical (unpaired) electrons. The Bertz CT molecular complexity index is 689. The van der Waals surface area contributed by atoms with Crippen molar-refractivity contribution in [3.63, 3.8) is 0 Å². The van der Waals surface area contributed by atoms with Crippen LogP contribution in [0.1, 0.15) is 12.0 Å². The van der Waals surface area contributed by atoms with Gasteiger partial charge >= 0.3 is 0 Å². The average Bonchev–Trinajstić information content (AvgIpc) is 3.04. The van der Waals surface area contributed by atoms with E-state index in [1.54, 1.807) is 24.3 Å². The molecule has 7 heteroatoms. The second-order valence-electron chi connectivity index (χ2n) is 5.69. The van der Waals surface area contributed by atoms with Gasteiger partial charge in [-0.1, -0.05) is 36.9 Å². The molecular weight excluding hydrogens is 340 g/mol. The minimum atomic E-state index is -1.83. The molecule has 2 unspecified atom stereocenters. The molecule has 0 bridgehead atoms. The summed E-state index contributed by atoms with van der Waals surface area (Å²) in [6.45, 7) is 4.18. The number of hydrogen-bond acceptors (Lipinski definition) is 5. The lowest BCUT2D eigenvalue weighted by molar-refractivity contribution is -0.144. The van der Waals surface area contributed by atoms with Crippen molar-refractivity contribution in [2.24, 2.45) is 0 Å². The number of aliphatic hydroxyl groups is 2. The first kappa shape index (κ1) is 19.2. The maximum absolute atomic E-state index is 12.4. The van der Waals surface area contributed by atoms with Gasteiger partial charge in [0, 0.05) is 18.8 Å². The Kier molecular flexibility index (Phi) is 6.81. The van der Waals surface area contributed by atoms with Crippen LogP contribution in [0.5, 0.6) is 0 Å². The third kappa shape index (κ3) is 4.72. The van der Waals surface area contributed by atoms with Gasteiger partial charge in [-0.15, -0.1) is 12.6 Å². The van der Waals surface area contributed by atoms with E-state index >= 15 is 0 Å². The van der Waals surface area contributed by atoms with Crippen LogP contribution >= 0.6 is 12.6 Å². The van der Waals surface area contributed by atoms with E-state index in [9.17, 15) is 19.8 Å². The normalized spacial score (nSPS) is 16.1. The lowest BCUT2D eigenvalue weighted by Gasteiger charge is -2.23. The number of nitrogens with zero attached hydrogens (tertiary/aromatic N) is 1. The van der Waals surface area contributed by atoms with Crippen LogP contribution in [0.2, 0.25) is 0 Å². The zero-order chi connectivity index (χ0) is 18.4. The fourth-order valence-corrected chi connectivity index (χ4v) is 2.86. The predicted octanol–water partition coefficient (Wildman–Crippen LogP) is 0.803. The molecule has 0 saturated heterocycles. The fraction of sp³-hybridized carbons (Fsp3) is 0.333. The quantitative estimate of drug-likeness (QED) is 0.427. The van der Waals surface area contributed by atoms with Crippen molar-refractivity contribution in [2.45, 2.75) is 25.0 Å². The van der Waals surface area contributed by atoms with E-state index in [1.807, 2.05) is 12.1 Å². The lowest BCUT2D eigenvalue weighted by atomic mass is 10.1. The molecule has 25 heavy (non-hydrogen) atoms.